The van der Waals surface area contributed by atoms with Gasteiger partial charge in [-0.15, -0.1) is 0 Å². The van der Waals surface area contributed by atoms with Gasteiger partial charge in [-0.25, -0.2) is 0 Å². The first-order chi connectivity index (χ1) is 24.8. The van der Waals surface area contributed by atoms with Crippen LogP contribution in [0.25, 0.3) is 32.7 Å². The van der Waals surface area contributed by atoms with Gasteiger partial charge >= 0.3 is 0 Å². The van der Waals surface area contributed by atoms with Crippen LogP contribution in [0.3, 0.4) is 0 Å². The lowest BCUT2D eigenvalue weighted by atomic mass is 9.86. The number of amides is 1. The van der Waals surface area contributed by atoms with Crippen molar-refractivity contribution in [1.29, 1.82) is 0 Å². The van der Waals surface area contributed by atoms with Gasteiger partial charge in [-0.3, -0.25) is 9.59 Å². The van der Waals surface area contributed by atoms with Crippen LogP contribution < -0.4 is 5.32 Å². The molecule has 0 radical (unpaired) electrons. The van der Waals surface area contributed by atoms with Gasteiger partial charge in [0.25, 0.3) is 5.91 Å². The number of rotatable bonds is 10. The van der Waals surface area contributed by atoms with E-state index in [9.17, 15) is 40.2 Å². The molecule has 0 saturated heterocycles. The molecule has 0 saturated carbocycles. The quantitative estimate of drug-likeness (QED) is 0.0550. The Morgan fingerprint density at radius 2 is 1.02 bits per heavy atom. The molecule has 6 aromatic rings. The van der Waals surface area contributed by atoms with E-state index in [0.29, 0.717) is 17.5 Å². The topological polar surface area (TPSA) is 168 Å². The standard InChI is InChI=1S/C43H41NO8/c1-22(26-11-7-5-8-12-26)15-16-32(45)37-28-17-23(2)35(39(48)30(28)19-33(46)41(37)50)36-24(3)18-29-31(40(36)49)20-34(47)42(51)38(29)43(52)44-21-25(4)27-13-9-6-10-14-27/h5-14,17-20,22,25,46-51H,15-16,21H2,1-4H3,(H,44,52)/t22-,25-/m0/s1. The average molecular weight is 700 g/mol. The van der Waals surface area contributed by atoms with E-state index in [1.165, 1.54) is 6.07 Å². The fourth-order valence-electron chi connectivity index (χ4n) is 7.06. The zero-order valence-electron chi connectivity index (χ0n) is 29.4. The second-order valence-electron chi connectivity index (χ2n) is 13.6. The van der Waals surface area contributed by atoms with Crippen molar-refractivity contribution >= 4 is 33.2 Å². The largest absolute Gasteiger partial charge is 0.507 e. The SMILES string of the molecule is Cc1cc2c(C(=O)CC[C@H](C)c3ccccc3)c(O)c(O)cc2c(O)c1-c1c(C)cc2c(C(=O)NC[C@H](C)c3ccccc3)c(O)c(O)cc2c1O. The maximum atomic E-state index is 13.6. The van der Waals surface area contributed by atoms with Gasteiger partial charge in [0, 0.05) is 45.6 Å². The number of nitrogens with one attached hydrogen (secondary N) is 1. The fourth-order valence-corrected chi connectivity index (χ4v) is 7.06. The molecule has 6 rings (SSSR count). The van der Waals surface area contributed by atoms with Gasteiger partial charge in [-0.2, -0.15) is 0 Å². The molecule has 7 N–H and O–H groups in total. The number of phenolic OH excluding ortho intramolecular Hbond substituents is 6. The molecule has 0 spiro atoms. The highest BCUT2D eigenvalue weighted by atomic mass is 16.3. The van der Waals surface area contributed by atoms with Gasteiger partial charge in [-0.1, -0.05) is 74.5 Å². The van der Waals surface area contributed by atoms with Gasteiger partial charge in [0.15, 0.2) is 28.8 Å². The number of hydrogen-bond acceptors (Lipinski definition) is 8. The summed E-state index contributed by atoms with van der Waals surface area (Å²) in [6, 6.07) is 24.8. The van der Waals surface area contributed by atoms with Crippen LogP contribution in [0.1, 0.15) is 81.5 Å². The van der Waals surface area contributed by atoms with Crippen LogP contribution in [0.15, 0.2) is 84.9 Å². The molecule has 0 fully saturated rings. The minimum atomic E-state index is -0.650. The third-order valence-electron chi connectivity index (χ3n) is 10.0. The Morgan fingerprint density at radius 3 is 1.52 bits per heavy atom. The van der Waals surface area contributed by atoms with Gasteiger partial charge in [-0.05, 0) is 78.6 Å². The Hall–Kier alpha value is -6.22. The molecule has 0 aromatic heterocycles. The number of carbonyl (C=O) groups excluding carboxylic acids is 2. The van der Waals surface area contributed by atoms with Crippen molar-refractivity contribution in [3.05, 3.63) is 118 Å². The number of carbonyl (C=O) groups is 2. The third kappa shape index (κ3) is 6.41. The molecule has 0 unspecified atom stereocenters. The lowest BCUT2D eigenvalue weighted by Crippen LogP contribution is -2.27. The first-order valence-electron chi connectivity index (χ1n) is 17.1. The van der Waals surface area contributed by atoms with Crippen LogP contribution >= 0.6 is 0 Å². The second-order valence-corrected chi connectivity index (χ2v) is 13.6. The van der Waals surface area contributed by atoms with Crippen molar-refractivity contribution in [2.75, 3.05) is 6.54 Å². The molecule has 1 amide bonds. The first kappa shape index (κ1) is 35.6. The predicted molar refractivity (Wildman–Crippen MR) is 202 cm³/mol. The number of ketones is 1. The Morgan fingerprint density at radius 1 is 0.577 bits per heavy atom. The Kier molecular flexibility index (Phi) is 9.71. The molecule has 0 aliphatic carbocycles. The summed E-state index contributed by atoms with van der Waals surface area (Å²) in [7, 11) is 0. The van der Waals surface area contributed by atoms with Crippen LogP contribution in [0.5, 0.6) is 34.5 Å². The summed E-state index contributed by atoms with van der Waals surface area (Å²) in [6.45, 7) is 7.54. The molecule has 9 heteroatoms. The van der Waals surface area contributed by atoms with Gasteiger partial charge < -0.3 is 36.0 Å². The smallest absolute Gasteiger partial charge is 0.255 e. The van der Waals surface area contributed by atoms with Gasteiger partial charge in [0.05, 0.1) is 11.1 Å². The number of phenols is 6. The summed E-state index contributed by atoms with van der Waals surface area (Å²) in [5.41, 5.74) is 2.97. The number of Topliss-reactive ketones (excluding diaryl/α,β-unsaturated/α-hetero) is 1. The molecule has 2 atom stereocenters. The fraction of sp³-hybridized carbons (Fsp3) is 0.209. The molecule has 6 aromatic carbocycles. The Labute approximate surface area is 301 Å². The lowest BCUT2D eigenvalue weighted by molar-refractivity contribution is 0.0947. The summed E-state index contributed by atoms with van der Waals surface area (Å²) < 4.78 is 0. The van der Waals surface area contributed by atoms with Crippen molar-refractivity contribution in [3.63, 3.8) is 0 Å². The van der Waals surface area contributed by atoms with E-state index in [1.54, 1.807) is 26.0 Å². The lowest BCUT2D eigenvalue weighted by Gasteiger charge is -2.20. The van der Waals surface area contributed by atoms with Crippen LogP contribution in [-0.4, -0.2) is 48.9 Å². The van der Waals surface area contributed by atoms with Crippen LogP contribution in [0.2, 0.25) is 0 Å². The number of aryl methyl sites for hydroxylation is 2. The maximum Gasteiger partial charge on any atom is 0.255 e. The summed E-state index contributed by atoms with van der Waals surface area (Å²) in [6.07, 6.45) is 0.562. The summed E-state index contributed by atoms with van der Waals surface area (Å²) in [5.74, 6) is -4.21. The second kappa shape index (κ2) is 14.2. The van der Waals surface area contributed by atoms with Crippen LogP contribution in [-0.2, 0) is 0 Å². The van der Waals surface area contributed by atoms with Crippen LogP contribution in [0, 0.1) is 13.8 Å². The number of aromatic hydroxyl groups is 6. The van der Waals surface area contributed by atoms with E-state index in [4.69, 9.17) is 0 Å². The molecule has 0 aliphatic heterocycles. The van der Waals surface area contributed by atoms with Crippen LogP contribution in [0.4, 0.5) is 0 Å². The number of fused-ring (bicyclic) bond motifs is 2. The van der Waals surface area contributed by atoms with Gasteiger partial charge in [0.2, 0.25) is 0 Å². The third-order valence-corrected chi connectivity index (χ3v) is 10.0. The minimum absolute atomic E-state index is 0.0491. The Balaban J connectivity index is 1.41. The van der Waals surface area contributed by atoms with Gasteiger partial charge in [0.1, 0.15) is 11.5 Å². The summed E-state index contributed by atoms with van der Waals surface area (Å²) in [4.78, 5) is 27.2. The maximum absolute atomic E-state index is 13.6. The predicted octanol–water partition coefficient (Wildman–Crippen LogP) is 8.81. The van der Waals surface area contributed by atoms with E-state index < -0.39 is 34.7 Å². The minimum Gasteiger partial charge on any atom is -0.507 e. The average Bonchev–Trinajstić information content (AvgIpc) is 3.13. The zero-order chi connectivity index (χ0) is 37.4. The molecular weight excluding hydrogens is 658 g/mol. The molecule has 0 heterocycles. The summed E-state index contributed by atoms with van der Waals surface area (Å²) >= 11 is 0. The highest BCUT2D eigenvalue weighted by molar-refractivity contribution is 6.16. The Bertz CT molecular complexity index is 2190. The van der Waals surface area contributed by atoms with E-state index in [-0.39, 0.29) is 80.1 Å². The first-order valence-corrected chi connectivity index (χ1v) is 17.1. The van der Waals surface area contributed by atoms with Crippen molar-refractivity contribution in [2.45, 2.75) is 52.4 Å². The van der Waals surface area contributed by atoms with E-state index in [2.05, 4.69) is 5.32 Å². The molecule has 0 bridgehead atoms. The van der Waals surface area contributed by atoms with Crippen molar-refractivity contribution in [1.82, 2.24) is 5.32 Å². The molecule has 0 aliphatic rings. The van der Waals surface area contributed by atoms with Crippen molar-refractivity contribution < 1.29 is 40.2 Å². The molecule has 9 nitrogen and oxygen atoms in total. The molecule has 266 valence electrons. The van der Waals surface area contributed by atoms with E-state index >= 15 is 0 Å². The highest BCUT2D eigenvalue weighted by Gasteiger charge is 2.28. The monoisotopic (exact) mass is 699 g/mol. The van der Waals surface area contributed by atoms with E-state index in [0.717, 1.165) is 17.2 Å². The number of benzene rings is 6. The molecular formula is C43H41NO8. The van der Waals surface area contributed by atoms with Crippen molar-refractivity contribution in [2.24, 2.45) is 0 Å². The zero-order valence-corrected chi connectivity index (χ0v) is 29.4. The van der Waals surface area contributed by atoms with E-state index in [1.807, 2.05) is 74.5 Å². The van der Waals surface area contributed by atoms with Crippen molar-refractivity contribution in [3.8, 4) is 45.6 Å². The summed E-state index contributed by atoms with van der Waals surface area (Å²) in [5, 5.41) is 70.1. The molecule has 52 heavy (non-hydrogen) atoms. The highest BCUT2D eigenvalue weighted by Crippen LogP contribution is 2.51. The normalized spacial score (nSPS) is 12.5. The number of hydrogen-bond donors (Lipinski definition) is 7.